The molecule has 0 spiro atoms. The number of ether oxygens (including phenoxy) is 1. The van der Waals surface area contributed by atoms with Gasteiger partial charge in [0.15, 0.2) is 5.78 Å². The van der Waals surface area contributed by atoms with Crippen LogP contribution in [-0.4, -0.2) is 12.9 Å². The van der Waals surface area contributed by atoms with Crippen LogP contribution in [-0.2, 0) is 9.53 Å². The second-order valence-electron chi connectivity index (χ2n) is 1.57. The molecule has 0 N–H and O–H groups in total. The summed E-state index contributed by atoms with van der Waals surface area (Å²) in [5, 5.41) is 0. The van der Waals surface area contributed by atoms with Gasteiger partial charge in [-0.25, -0.2) is 0 Å². The average Bonchev–Trinajstić information content (AvgIpc) is 1.91. The van der Waals surface area contributed by atoms with Gasteiger partial charge in [-0.1, -0.05) is 13.8 Å². The fourth-order valence-electron chi connectivity index (χ4n) is 0.345. The molecule has 0 bridgehead atoms. The molecular weight excluding hydrogens is 128 g/mol. The molecule has 0 aliphatic carbocycles. The van der Waals surface area contributed by atoms with Gasteiger partial charge in [0.05, 0.1) is 12.9 Å². The molecule has 0 aliphatic heterocycles. The van der Waals surface area contributed by atoms with Crippen molar-refractivity contribution >= 4 is 5.78 Å². The van der Waals surface area contributed by atoms with Crippen molar-refractivity contribution in [2.45, 2.75) is 27.7 Å². The third kappa shape index (κ3) is 10.2. The van der Waals surface area contributed by atoms with Crippen LogP contribution in [0.2, 0.25) is 0 Å². The predicted molar refractivity (Wildman–Crippen MR) is 42.8 cm³/mol. The number of allylic oxidation sites excluding steroid dienone is 2. The Kier molecular flexibility index (Phi) is 9.80. The van der Waals surface area contributed by atoms with E-state index >= 15 is 0 Å². The van der Waals surface area contributed by atoms with Crippen LogP contribution in [0.5, 0.6) is 0 Å². The van der Waals surface area contributed by atoms with Crippen LogP contribution in [0.1, 0.15) is 27.7 Å². The second kappa shape index (κ2) is 8.21. The highest BCUT2D eigenvalue weighted by Gasteiger charge is 1.86. The van der Waals surface area contributed by atoms with E-state index in [1.54, 1.807) is 6.92 Å². The molecule has 2 nitrogen and oxygen atoms in total. The Morgan fingerprint density at radius 3 is 1.80 bits per heavy atom. The van der Waals surface area contributed by atoms with Crippen LogP contribution in [0.15, 0.2) is 11.8 Å². The summed E-state index contributed by atoms with van der Waals surface area (Å²) >= 11 is 0. The van der Waals surface area contributed by atoms with Crippen molar-refractivity contribution in [1.82, 2.24) is 0 Å². The molecule has 0 saturated carbocycles. The summed E-state index contributed by atoms with van der Waals surface area (Å²) < 4.78 is 4.70. The van der Waals surface area contributed by atoms with Gasteiger partial charge in [-0.3, -0.25) is 4.79 Å². The van der Waals surface area contributed by atoms with E-state index in [9.17, 15) is 4.79 Å². The van der Waals surface area contributed by atoms with Crippen LogP contribution >= 0.6 is 0 Å². The highest BCUT2D eigenvalue weighted by Crippen LogP contribution is 1.90. The summed E-state index contributed by atoms with van der Waals surface area (Å²) in [4.78, 5) is 10.3. The van der Waals surface area contributed by atoms with Gasteiger partial charge >= 0.3 is 0 Å². The number of ketones is 1. The number of methoxy groups -OCH3 is 1. The van der Waals surface area contributed by atoms with E-state index in [4.69, 9.17) is 4.74 Å². The maximum Gasteiger partial charge on any atom is 0.155 e. The Bertz CT molecular complexity index is 114. The third-order valence-corrected chi connectivity index (χ3v) is 0.729. The normalized spacial score (nSPS) is 9.50. The molecule has 0 aromatic carbocycles. The monoisotopic (exact) mass is 144 g/mol. The van der Waals surface area contributed by atoms with Crippen molar-refractivity contribution in [2.24, 2.45) is 0 Å². The molecule has 0 aromatic rings. The molecule has 0 rings (SSSR count). The topological polar surface area (TPSA) is 26.3 Å². The molecule has 0 amide bonds. The summed E-state index contributed by atoms with van der Waals surface area (Å²) in [5.41, 5.74) is 0. The summed E-state index contributed by atoms with van der Waals surface area (Å²) in [7, 11) is 1.54. The molecule has 0 aromatic heterocycles. The lowest BCUT2D eigenvalue weighted by molar-refractivity contribution is -0.112. The quantitative estimate of drug-likeness (QED) is 0.438. The Hall–Kier alpha value is -0.790. The smallest absolute Gasteiger partial charge is 0.155 e. The van der Waals surface area contributed by atoms with E-state index in [0.29, 0.717) is 5.76 Å². The van der Waals surface area contributed by atoms with E-state index < -0.39 is 0 Å². The van der Waals surface area contributed by atoms with Crippen molar-refractivity contribution < 1.29 is 9.53 Å². The first-order valence-corrected chi connectivity index (χ1v) is 3.39. The van der Waals surface area contributed by atoms with Crippen molar-refractivity contribution in [3.8, 4) is 0 Å². The summed E-state index contributed by atoms with van der Waals surface area (Å²) in [5.74, 6) is 0.668. The molecule has 0 unspecified atom stereocenters. The Morgan fingerprint density at radius 1 is 1.30 bits per heavy atom. The van der Waals surface area contributed by atoms with Crippen molar-refractivity contribution in [1.29, 1.82) is 0 Å². The number of carbonyl (C=O) groups excluding carboxylic acids is 1. The van der Waals surface area contributed by atoms with Crippen LogP contribution in [0.4, 0.5) is 0 Å². The summed E-state index contributed by atoms with van der Waals surface area (Å²) in [6, 6.07) is 0. The fourth-order valence-corrected chi connectivity index (χ4v) is 0.345. The lowest BCUT2D eigenvalue weighted by Crippen LogP contribution is -1.86. The first kappa shape index (κ1) is 11.9. The van der Waals surface area contributed by atoms with Gasteiger partial charge in [0.2, 0.25) is 0 Å². The van der Waals surface area contributed by atoms with Gasteiger partial charge in [-0.15, -0.1) is 0 Å². The van der Waals surface area contributed by atoms with Gasteiger partial charge in [0, 0.05) is 6.08 Å². The molecule has 0 atom stereocenters. The van der Waals surface area contributed by atoms with Crippen molar-refractivity contribution in [3.05, 3.63) is 11.8 Å². The Morgan fingerprint density at radius 2 is 1.70 bits per heavy atom. The average molecular weight is 144 g/mol. The third-order valence-electron chi connectivity index (χ3n) is 0.729. The largest absolute Gasteiger partial charge is 0.501 e. The van der Waals surface area contributed by atoms with E-state index in [1.807, 2.05) is 13.8 Å². The van der Waals surface area contributed by atoms with Crippen LogP contribution in [0, 0.1) is 0 Å². The lowest BCUT2D eigenvalue weighted by atomic mass is 10.4. The van der Waals surface area contributed by atoms with Crippen LogP contribution < -0.4 is 0 Å². The van der Waals surface area contributed by atoms with Gasteiger partial charge < -0.3 is 4.74 Å². The van der Waals surface area contributed by atoms with E-state index in [0.717, 1.165) is 0 Å². The maximum absolute atomic E-state index is 10.3. The van der Waals surface area contributed by atoms with Gasteiger partial charge in [0.1, 0.15) is 0 Å². The molecule has 2 heteroatoms. The van der Waals surface area contributed by atoms with Crippen LogP contribution in [0.25, 0.3) is 0 Å². The first-order chi connectivity index (χ1) is 4.66. The van der Waals surface area contributed by atoms with Crippen molar-refractivity contribution in [3.63, 3.8) is 0 Å². The minimum Gasteiger partial charge on any atom is -0.501 e. The molecular formula is C8H16O2. The number of hydrogen-bond acceptors (Lipinski definition) is 2. The number of carbonyl (C=O) groups is 1. The Labute approximate surface area is 62.9 Å². The van der Waals surface area contributed by atoms with Gasteiger partial charge in [-0.05, 0) is 13.8 Å². The van der Waals surface area contributed by atoms with E-state index in [2.05, 4.69) is 0 Å². The van der Waals surface area contributed by atoms with Gasteiger partial charge in [0.25, 0.3) is 0 Å². The van der Waals surface area contributed by atoms with Gasteiger partial charge in [-0.2, -0.15) is 0 Å². The molecule has 10 heavy (non-hydrogen) atoms. The zero-order valence-corrected chi connectivity index (χ0v) is 7.39. The molecule has 0 saturated heterocycles. The number of rotatable bonds is 2. The first-order valence-electron chi connectivity index (χ1n) is 3.39. The molecule has 0 radical (unpaired) electrons. The highest BCUT2D eigenvalue weighted by molar-refractivity contribution is 5.87. The SMILES string of the molecule is CC.CO/C(C)=C\C(C)=O. The highest BCUT2D eigenvalue weighted by atomic mass is 16.5. The fraction of sp³-hybridized carbons (Fsp3) is 0.625. The molecule has 60 valence electrons. The van der Waals surface area contributed by atoms with Crippen molar-refractivity contribution in [2.75, 3.05) is 7.11 Å². The van der Waals surface area contributed by atoms with Crippen LogP contribution in [0.3, 0.4) is 0 Å². The Balaban J connectivity index is 0. The molecule has 0 aliphatic rings. The minimum atomic E-state index is 0.0179. The molecule has 0 fully saturated rings. The van der Waals surface area contributed by atoms with E-state index in [1.165, 1.54) is 20.1 Å². The predicted octanol–water partition coefficient (Wildman–Crippen LogP) is 2.15. The summed E-state index contributed by atoms with van der Waals surface area (Å²) in [6.45, 7) is 7.23. The minimum absolute atomic E-state index is 0.0179. The maximum atomic E-state index is 10.3. The summed E-state index contributed by atoms with van der Waals surface area (Å²) in [6.07, 6.45) is 1.44. The lowest BCUT2D eigenvalue weighted by Gasteiger charge is -1.93. The second-order valence-corrected chi connectivity index (χ2v) is 1.57. The standard InChI is InChI=1S/C6H10O2.C2H6/c1-5(7)4-6(2)8-3;1-2/h4H,1-3H3;1-2H3/b6-4-;. The zero-order valence-electron chi connectivity index (χ0n) is 7.39. The molecule has 0 heterocycles. The number of hydrogen-bond donors (Lipinski definition) is 0. The van der Waals surface area contributed by atoms with E-state index in [-0.39, 0.29) is 5.78 Å². The zero-order chi connectivity index (χ0) is 8.57.